The molecule has 0 saturated carbocycles. The fourth-order valence-electron chi connectivity index (χ4n) is 2.92. The standard InChI is InChI=1S/C11H19NO3/c13-10-6-12(9-7-14-8-9)4-3-11(10)2-1-5-15-11/h9-10,13H,1-8H2/t10-,11-/m1/s1. The van der Waals surface area contributed by atoms with Crippen LogP contribution in [0, 0.1) is 0 Å². The molecule has 2 atom stereocenters. The average Bonchev–Trinajstić information content (AvgIpc) is 2.59. The van der Waals surface area contributed by atoms with Crippen molar-refractivity contribution in [1.29, 1.82) is 0 Å². The number of aliphatic hydroxyl groups excluding tert-OH is 1. The third kappa shape index (κ3) is 1.60. The van der Waals surface area contributed by atoms with Crippen LogP contribution in [-0.2, 0) is 9.47 Å². The summed E-state index contributed by atoms with van der Waals surface area (Å²) in [5.74, 6) is 0. The monoisotopic (exact) mass is 213 g/mol. The molecule has 3 aliphatic rings. The second-order valence-electron chi connectivity index (χ2n) is 4.97. The van der Waals surface area contributed by atoms with Crippen molar-refractivity contribution in [2.24, 2.45) is 0 Å². The molecule has 3 rings (SSSR count). The Balaban J connectivity index is 1.64. The Morgan fingerprint density at radius 3 is 2.67 bits per heavy atom. The zero-order chi connectivity index (χ0) is 10.3. The number of ether oxygens (including phenoxy) is 2. The number of likely N-dealkylation sites (tertiary alicyclic amines) is 1. The second-order valence-corrected chi connectivity index (χ2v) is 4.97. The lowest BCUT2D eigenvalue weighted by molar-refractivity contribution is -0.157. The van der Waals surface area contributed by atoms with Crippen molar-refractivity contribution in [2.75, 3.05) is 32.9 Å². The van der Waals surface area contributed by atoms with Gasteiger partial charge in [-0.05, 0) is 19.3 Å². The van der Waals surface area contributed by atoms with Gasteiger partial charge < -0.3 is 14.6 Å². The van der Waals surface area contributed by atoms with Crippen LogP contribution in [0.4, 0.5) is 0 Å². The molecular weight excluding hydrogens is 194 g/mol. The number of hydrogen-bond donors (Lipinski definition) is 1. The van der Waals surface area contributed by atoms with E-state index in [-0.39, 0.29) is 11.7 Å². The molecule has 3 saturated heterocycles. The lowest BCUT2D eigenvalue weighted by atomic mass is 9.85. The molecule has 4 nitrogen and oxygen atoms in total. The van der Waals surface area contributed by atoms with Crippen LogP contribution < -0.4 is 0 Å². The number of β-amino-alcohol motifs (C(OH)–C–C–N with tert-alkyl or cyclic N) is 1. The van der Waals surface area contributed by atoms with E-state index in [1.807, 2.05) is 0 Å². The first-order valence-electron chi connectivity index (χ1n) is 5.94. The molecule has 3 heterocycles. The van der Waals surface area contributed by atoms with Crippen molar-refractivity contribution in [3.8, 4) is 0 Å². The summed E-state index contributed by atoms with van der Waals surface area (Å²) in [5, 5.41) is 10.2. The van der Waals surface area contributed by atoms with Crippen LogP contribution in [0.2, 0.25) is 0 Å². The minimum absolute atomic E-state index is 0.207. The van der Waals surface area contributed by atoms with Crippen LogP contribution in [0.5, 0.6) is 0 Å². The largest absolute Gasteiger partial charge is 0.389 e. The number of hydrogen-bond acceptors (Lipinski definition) is 4. The Hall–Kier alpha value is -0.160. The molecule has 86 valence electrons. The summed E-state index contributed by atoms with van der Waals surface area (Å²) in [6.45, 7) is 4.30. The van der Waals surface area contributed by atoms with Crippen molar-refractivity contribution in [3.05, 3.63) is 0 Å². The van der Waals surface area contributed by atoms with Gasteiger partial charge in [-0.2, -0.15) is 0 Å². The van der Waals surface area contributed by atoms with Crippen LogP contribution in [-0.4, -0.2) is 60.7 Å². The summed E-state index contributed by atoms with van der Waals surface area (Å²) in [6, 6.07) is 0.540. The van der Waals surface area contributed by atoms with E-state index in [4.69, 9.17) is 9.47 Å². The minimum Gasteiger partial charge on any atom is -0.389 e. The third-order valence-electron chi connectivity index (χ3n) is 4.11. The molecule has 0 aromatic rings. The Kier molecular flexibility index (Phi) is 2.47. The van der Waals surface area contributed by atoms with Gasteiger partial charge >= 0.3 is 0 Å². The Bertz CT molecular complexity index is 236. The molecule has 0 aromatic heterocycles. The van der Waals surface area contributed by atoms with Crippen LogP contribution in [0.15, 0.2) is 0 Å². The molecule has 0 amide bonds. The molecule has 1 N–H and O–H groups in total. The molecule has 3 fully saturated rings. The van der Waals surface area contributed by atoms with Gasteiger partial charge in [0.25, 0.3) is 0 Å². The van der Waals surface area contributed by atoms with Gasteiger partial charge in [-0.25, -0.2) is 0 Å². The van der Waals surface area contributed by atoms with Gasteiger partial charge in [0.1, 0.15) is 0 Å². The van der Waals surface area contributed by atoms with E-state index < -0.39 is 0 Å². The minimum atomic E-state index is -0.311. The first kappa shape index (κ1) is 10.0. The average molecular weight is 213 g/mol. The number of nitrogens with zero attached hydrogens (tertiary/aromatic N) is 1. The van der Waals surface area contributed by atoms with E-state index in [0.717, 1.165) is 52.2 Å². The molecule has 0 bridgehead atoms. The first-order valence-corrected chi connectivity index (χ1v) is 5.94. The molecule has 0 aromatic carbocycles. The fraction of sp³-hybridized carbons (Fsp3) is 1.00. The van der Waals surface area contributed by atoms with Crippen LogP contribution >= 0.6 is 0 Å². The van der Waals surface area contributed by atoms with Crippen LogP contribution in [0.3, 0.4) is 0 Å². The molecule has 3 aliphatic heterocycles. The second kappa shape index (κ2) is 3.70. The Morgan fingerprint density at radius 1 is 1.27 bits per heavy atom. The van der Waals surface area contributed by atoms with E-state index in [2.05, 4.69) is 4.90 Å². The van der Waals surface area contributed by atoms with Gasteiger partial charge in [0, 0.05) is 19.7 Å². The van der Waals surface area contributed by atoms with E-state index in [1.54, 1.807) is 0 Å². The number of rotatable bonds is 1. The summed E-state index contributed by atoms with van der Waals surface area (Å²) in [5.41, 5.74) is -0.207. The summed E-state index contributed by atoms with van der Waals surface area (Å²) in [6.07, 6.45) is 2.80. The maximum Gasteiger partial charge on any atom is 0.0965 e. The summed E-state index contributed by atoms with van der Waals surface area (Å²) in [4.78, 5) is 2.35. The highest BCUT2D eigenvalue weighted by atomic mass is 16.5. The van der Waals surface area contributed by atoms with Crippen molar-refractivity contribution >= 4 is 0 Å². The number of aliphatic hydroxyl groups is 1. The fourth-order valence-corrected chi connectivity index (χ4v) is 2.92. The van der Waals surface area contributed by atoms with Crippen molar-refractivity contribution in [2.45, 2.75) is 37.0 Å². The highest BCUT2D eigenvalue weighted by Crippen LogP contribution is 2.36. The van der Waals surface area contributed by atoms with Crippen LogP contribution in [0.25, 0.3) is 0 Å². The number of piperidine rings is 1. The maximum atomic E-state index is 10.2. The van der Waals surface area contributed by atoms with Gasteiger partial charge in [-0.15, -0.1) is 0 Å². The Morgan fingerprint density at radius 2 is 2.13 bits per heavy atom. The molecule has 0 aliphatic carbocycles. The summed E-state index contributed by atoms with van der Waals surface area (Å²) in [7, 11) is 0. The molecule has 0 radical (unpaired) electrons. The van der Waals surface area contributed by atoms with E-state index >= 15 is 0 Å². The SMILES string of the molecule is O[C@@H]1CN(C2COC2)CC[C@]12CCCO2. The van der Waals surface area contributed by atoms with Gasteiger partial charge in [0.2, 0.25) is 0 Å². The highest BCUT2D eigenvalue weighted by molar-refractivity contribution is 4.99. The van der Waals surface area contributed by atoms with Gasteiger partial charge in [0.15, 0.2) is 0 Å². The molecule has 0 unspecified atom stereocenters. The smallest absolute Gasteiger partial charge is 0.0965 e. The maximum absolute atomic E-state index is 10.2. The van der Waals surface area contributed by atoms with Crippen molar-refractivity contribution in [3.63, 3.8) is 0 Å². The third-order valence-corrected chi connectivity index (χ3v) is 4.11. The molecule has 15 heavy (non-hydrogen) atoms. The quantitative estimate of drug-likeness (QED) is 0.666. The van der Waals surface area contributed by atoms with E-state index in [9.17, 15) is 5.11 Å². The normalized spacial score (nSPS) is 43.4. The predicted molar refractivity (Wildman–Crippen MR) is 54.7 cm³/mol. The van der Waals surface area contributed by atoms with Gasteiger partial charge in [-0.3, -0.25) is 4.90 Å². The first-order chi connectivity index (χ1) is 7.30. The predicted octanol–water partition coefficient (Wildman–Crippen LogP) is 0.00100. The lowest BCUT2D eigenvalue weighted by Gasteiger charge is -2.47. The van der Waals surface area contributed by atoms with Gasteiger partial charge in [-0.1, -0.05) is 0 Å². The molecule has 1 spiro atoms. The Labute approximate surface area is 90.2 Å². The highest BCUT2D eigenvalue weighted by Gasteiger charge is 2.47. The van der Waals surface area contributed by atoms with Crippen molar-refractivity contribution < 1.29 is 14.6 Å². The molecular formula is C11H19NO3. The van der Waals surface area contributed by atoms with Gasteiger partial charge in [0.05, 0.1) is 31.0 Å². The van der Waals surface area contributed by atoms with Crippen LogP contribution in [0.1, 0.15) is 19.3 Å². The van der Waals surface area contributed by atoms with E-state index in [1.165, 1.54) is 0 Å². The molecule has 4 heteroatoms. The summed E-state index contributed by atoms with van der Waals surface area (Å²) < 4.78 is 11.0. The zero-order valence-corrected chi connectivity index (χ0v) is 9.02. The van der Waals surface area contributed by atoms with E-state index in [0.29, 0.717) is 6.04 Å². The summed E-state index contributed by atoms with van der Waals surface area (Å²) >= 11 is 0. The topological polar surface area (TPSA) is 41.9 Å². The zero-order valence-electron chi connectivity index (χ0n) is 9.02. The lowest BCUT2D eigenvalue weighted by Crippen LogP contribution is -2.61. The van der Waals surface area contributed by atoms with Crippen molar-refractivity contribution in [1.82, 2.24) is 4.90 Å².